The van der Waals surface area contributed by atoms with Crippen LogP contribution in [-0.4, -0.2) is 24.9 Å². The van der Waals surface area contributed by atoms with Crippen LogP contribution in [-0.2, 0) is 11.3 Å². The molecule has 2 amide bonds. The molecule has 2 fully saturated rings. The molecule has 29 heavy (non-hydrogen) atoms. The predicted octanol–water partition coefficient (Wildman–Crippen LogP) is 3.51. The first-order valence-corrected chi connectivity index (χ1v) is 9.70. The summed E-state index contributed by atoms with van der Waals surface area (Å²) in [6.45, 7) is 2.47. The van der Waals surface area contributed by atoms with Crippen molar-refractivity contribution in [2.75, 3.05) is 18.4 Å². The van der Waals surface area contributed by atoms with E-state index in [1.165, 1.54) is 24.3 Å². The fourth-order valence-electron chi connectivity index (χ4n) is 4.02. The molecule has 5 nitrogen and oxygen atoms in total. The van der Waals surface area contributed by atoms with Crippen LogP contribution in [0.4, 0.5) is 10.1 Å². The van der Waals surface area contributed by atoms with Crippen LogP contribution in [0.5, 0.6) is 0 Å². The molecular formula is C22H25ClFN3O2. The lowest BCUT2D eigenvalue weighted by Crippen LogP contribution is -2.33. The van der Waals surface area contributed by atoms with Gasteiger partial charge in [-0.15, -0.1) is 12.4 Å². The molecular weight excluding hydrogens is 393 g/mol. The Balaban J connectivity index is 0.00000240. The summed E-state index contributed by atoms with van der Waals surface area (Å²) in [6.07, 6.45) is 3.18. The van der Waals surface area contributed by atoms with E-state index in [0.29, 0.717) is 17.8 Å². The highest BCUT2D eigenvalue weighted by Gasteiger charge is 2.57. The lowest BCUT2D eigenvalue weighted by molar-refractivity contribution is -0.123. The second kappa shape index (κ2) is 8.93. The van der Waals surface area contributed by atoms with Crippen molar-refractivity contribution in [2.24, 2.45) is 11.3 Å². The number of hydrogen-bond acceptors (Lipinski definition) is 3. The van der Waals surface area contributed by atoms with Gasteiger partial charge in [0.05, 0.1) is 0 Å². The van der Waals surface area contributed by atoms with E-state index in [4.69, 9.17) is 0 Å². The van der Waals surface area contributed by atoms with Gasteiger partial charge < -0.3 is 16.0 Å². The topological polar surface area (TPSA) is 70.2 Å². The molecule has 7 heteroatoms. The van der Waals surface area contributed by atoms with Gasteiger partial charge >= 0.3 is 0 Å². The van der Waals surface area contributed by atoms with Gasteiger partial charge in [-0.1, -0.05) is 12.1 Å². The van der Waals surface area contributed by atoms with Gasteiger partial charge in [0.15, 0.2) is 0 Å². The van der Waals surface area contributed by atoms with Gasteiger partial charge in [0, 0.05) is 23.7 Å². The minimum atomic E-state index is -0.346. The maximum Gasteiger partial charge on any atom is 0.255 e. The molecule has 4 rings (SSSR count). The molecule has 1 saturated heterocycles. The number of halogens is 2. The number of carbonyl (C=O) groups excluding carboxylic acids is 2. The van der Waals surface area contributed by atoms with Crippen LogP contribution >= 0.6 is 12.4 Å². The Hall–Kier alpha value is -2.44. The molecule has 0 aromatic heterocycles. The minimum absolute atomic E-state index is 0. The van der Waals surface area contributed by atoms with Gasteiger partial charge in [0.1, 0.15) is 5.82 Å². The van der Waals surface area contributed by atoms with Gasteiger partial charge in [-0.25, -0.2) is 4.39 Å². The molecule has 0 radical (unpaired) electrons. The quantitative estimate of drug-likeness (QED) is 0.697. The molecule has 3 N–H and O–H groups in total. The molecule has 154 valence electrons. The maximum atomic E-state index is 12.9. The second-order valence-corrected chi connectivity index (χ2v) is 7.74. The Morgan fingerprint density at radius 1 is 1.03 bits per heavy atom. The van der Waals surface area contributed by atoms with E-state index in [0.717, 1.165) is 37.9 Å². The summed E-state index contributed by atoms with van der Waals surface area (Å²) >= 11 is 0. The third-order valence-corrected chi connectivity index (χ3v) is 5.89. The van der Waals surface area contributed by atoms with Crippen molar-refractivity contribution in [3.63, 3.8) is 0 Å². The SMILES string of the molecule is Cl.O=C(Nc1ccc(F)cc1)c1ccc(CNC(=O)C2CC23CCNCC3)cc1. The van der Waals surface area contributed by atoms with Gasteiger partial charge in [0.2, 0.25) is 5.91 Å². The monoisotopic (exact) mass is 417 g/mol. The van der Waals surface area contributed by atoms with Crippen molar-refractivity contribution in [1.82, 2.24) is 10.6 Å². The first kappa shape index (κ1) is 21.3. The van der Waals surface area contributed by atoms with Crippen LogP contribution in [0.25, 0.3) is 0 Å². The Bertz CT molecular complexity index is 865. The molecule has 1 aliphatic carbocycles. The van der Waals surface area contributed by atoms with Crippen molar-refractivity contribution < 1.29 is 14.0 Å². The highest BCUT2D eigenvalue weighted by atomic mass is 35.5. The van der Waals surface area contributed by atoms with Gasteiger partial charge in [-0.05, 0) is 79.7 Å². The highest BCUT2D eigenvalue weighted by Crippen LogP contribution is 2.58. The average Bonchev–Trinajstić information content (AvgIpc) is 3.41. The van der Waals surface area contributed by atoms with E-state index < -0.39 is 0 Å². The van der Waals surface area contributed by atoms with Crippen LogP contribution in [0.2, 0.25) is 0 Å². The average molecular weight is 418 g/mol. The number of anilines is 1. The zero-order valence-corrected chi connectivity index (χ0v) is 16.9. The zero-order valence-electron chi connectivity index (χ0n) is 16.0. The van der Waals surface area contributed by atoms with E-state index >= 15 is 0 Å². The summed E-state index contributed by atoms with van der Waals surface area (Å²) in [6, 6.07) is 12.8. The van der Waals surface area contributed by atoms with Crippen molar-refractivity contribution in [1.29, 1.82) is 0 Å². The number of carbonyl (C=O) groups is 2. The molecule has 1 atom stereocenters. The number of benzene rings is 2. The molecule has 1 saturated carbocycles. The first-order valence-electron chi connectivity index (χ1n) is 9.70. The molecule has 1 heterocycles. The Labute approximate surface area is 175 Å². The van der Waals surface area contributed by atoms with E-state index in [9.17, 15) is 14.0 Å². The van der Waals surface area contributed by atoms with Crippen LogP contribution in [0.15, 0.2) is 48.5 Å². The molecule has 0 bridgehead atoms. The van der Waals surface area contributed by atoms with Crippen LogP contribution in [0, 0.1) is 17.2 Å². The minimum Gasteiger partial charge on any atom is -0.352 e. The number of hydrogen-bond donors (Lipinski definition) is 3. The van der Waals surface area contributed by atoms with Crippen molar-refractivity contribution in [2.45, 2.75) is 25.8 Å². The molecule has 2 aromatic rings. The summed E-state index contributed by atoms with van der Waals surface area (Å²) in [4.78, 5) is 24.7. The van der Waals surface area contributed by atoms with Crippen LogP contribution < -0.4 is 16.0 Å². The summed E-state index contributed by atoms with van der Waals surface area (Å²) in [5.74, 6) is -0.315. The number of rotatable bonds is 5. The lowest BCUT2D eigenvalue weighted by atomic mass is 9.92. The van der Waals surface area contributed by atoms with Crippen LogP contribution in [0.3, 0.4) is 0 Å². The Morgan fingerprint density at radius 3 is 2.34 bits per heavy atom. The molecule has 2 aromatic carbocycles. The van der Waals surface area contributed by atoms with Gasteiger partial charge in [-0.3, -0.25) is 9.59 Å². The number of amides is 2. The number of piperidine rings is 1. The van der Waals surface area contributed by atoms with Crippen molar-refractivity contribution >= 4 is 29.9 Å². The summed E-state index contributed by atoms with van der Waals surface area (Å²) in [5, 5.41) is 9.11. The standard InChI is InChI=1S/C22H24FN3O2.ClH/c23-17-5-7-18(8-6-17)26-20(27)16-3-1-15(2-4-16)14-25-21(28)19-13-22(19)9-11-24-12-10-22;/h1-8,19,24H,9-14H2,(H,25,28)(H,26,27);1H. The molecule has 1 aliphatic heterocycles. The third kappa shape index (κ3) is 4.95. The summed E-state index contributed by atoms with van der Waals surface area (Å²) in [7, 11) is 0. The molecule has 1 spiro atoms. The fraction of sp³-hybridized carbons (Fsp3) is 0.364. The summed E-state index contributed by atoms with van der Waals surface area (Å²) < 4.78 is 12.9. The van der Waals surface area contributed by atoms with Crippen LogP contribution in [0.1, 0.15) is 35.2 Å². The Morgan fingerprint density at radius 2 is 1.69 bits per heavy atom. The summed E-state index contributed by atoms with van der Waals surface area (Å²) in [5.41, 5.74) is 2.23. The first-order chi connectivity index (χ1) is 13.6. The maximum absolute atomic E-state index is 12.9. The predicted molar refractivity (Wildman–Crippen MR) is 113 cm³/mol. The van der Waals surface area contributed by atoms with Gasteiger partial charge in [-0.2, -0.15) is 0 Å². The fourth-order valence-corrected chi connectivity index (χ4v) is 4.02. The van der Waals surface area contributed by atoms with Crippen molar-refractivity contribution in [3.8, 4) is 0 Å². The lowest BCUT2D eigenvalue weighted by Gasteiger charge is -2.23. The van der Waals surface area contributed by atoms with E-state index in [1.807, 2.05) is 12.1 Å². The van der Waals surface area contributed by atoms with Crippen molar-refractivity contribution in [3.05, 3.63) is 65.5 Å². The van der Waals surface area contributed by atoms with E-state index in [1.54, 1.807) is 12.1 Å². The second-order valence-electron chi connectivity index (χ2n) is 7.74. The van der Waals surface area contributed by atoms with E-state index in [-0.39, 0.29) is 41.4 Å². The smallest absolute Gasteiger partial charge is 0.255 e. The number of nitrogens with one attached hydrogen (secondary N) is 3. The molecule has 1 unspecified atom stereocenters. The highest BCUT2D eigenvalue weighted by molar-refractivity contribution is 6.04. The van der Waals surface area contributed by atoms with Gasteiger partial charge in [0.25, 0.3) is 5.91 Å². The Kier molecular flexibility index (Phi) is 6.55. The zero-order chi connectivity index (χ0) is 19.6. The molecule has 2 aliphatic rings. The normalized spacial score (nSPS) is 19.1. The third-order valence-electron chi connectivity index (χ3n) is 5.89. The van der Waals surface area contributed by atoms with E-state index in [2.05, 4.69) is 16.0 Å². The largest absolute Gasteiger partial charge is 0.352 e.